The molecular formula is C24H21F3N4O2. The second-order valence-corrected chi connectivity index (χ2v) is 7.32. The molecule has 1 amide bonds. The first-order valence-electron chi connectivity index (χ1n) is 9.89. The number of anilines is 1. The Kier molecular flexibility index (Phi) is 6.87. The van der Waals surface area contributed by atoms with Crippen LogP contribution in [0.2, 0.25) is 0 Å². The predicted octanol–water partition coefficient (Wildman–Crippen LogP) is 5.12. The molecule has 3 rings (SSSR count). The molecule has 3 aromatic rings. The van der Waals surface area contributed by atoms with Crippen molar-refractivity contribution >= 4 is 17.7 Å². The second kappa shape index (κ2) is 9.61. The van der Waals surface area contributed by atoms with Gasteiger partial charge in [-0.25, -0.2) is 0 Å². The number of hydrogen-bond acceptors (Lipinski definition) is 4. The Morgan fingerprint density at radius 2 is 1.94 bits per heavy atom. The summed E-state index contributed by atoms with van der Waals surface area (Å²) in [6.07, 6.45) is -3.33. The van der Waals surface area contributed by atoms with E-state index in [9.17, 15) is 23.2 Å². The zero-order chi connectivity index (χ0) is 24.2. The van der Waals surface area contributed by atoms with E-state index in [-0.39, 0.29) is 5.57 Å². The fourth-order valence-electron chi connectivity index (χ4n) is 3.35. The first kappa shape index (κ1) is 23.6. The summed E-state index contributed by atoms with van der Waals surface area (Å²) < 4.78 is 46.8. The molecule has 0 atom stereocenters. The Morgan fingerprint density at radius 1 is 1.21 bits per heavy atom. The van der Waals surface area contributed by atoms with E-state index in [1.54, 1.807) is 29.0 Å². The normalized spacial score (nSPS) is 11.7. The molecule has 170 valence electrons. The number of methoxy groups -OCH3 is 1. The molecule has 0 aliphatic heterocycles. The number of halogens is 3. The molecule has 0 radical (unpaired) electrons. The Labute approximate surface area is 188 Å². The van der Waals surface area contributed by atoms with Gasteiger partial charge in [-0.3, -0.25) is 9.48 Å². The van der Waals surface area contributed by atoms with Crippen molar-refractivity contribution in [3.05, 3.63) is 82.2 Å². The first-order chi connectivity index (χ1) is 15.6. The smallest absolute Gasteiger partial charge is 0.418 e. The Morgan fingerprint density at radius 3 is 2.55 bits per heavy atom. The molecule has 0 saturated carbocycles. The SMILES string of the molecule is COc1ccc(/C=C(/C#N)C(=O)Nc2ccccc2C(F)(F)F)cc1Cn1nc(C)cc1C. The van der Waals surface area contributed by atoms with E-state index in [1.807, 2.05) is 19.9 Å². The third-order valence-electron chi connectivity index (χ3n) is 4.88. The van der Waals surface area contributed by atoms with E-state index < -0.39 is 23.3 Å². The molecule has 6 nitrogen and oxygen atoms in total. The standard InChI is InChI=1S/C24H21F3N4O2/c1-15-10-16(2)31(30-15)14-19-12-17(8-9-22(19)33-3)11-18(13-28)23(32)29-21-7-5-4-6-20(21)24(25,26)27/h4-12H,14H2,1-3H3,(H,29,32)/b18-11-. The van der Waals surface area contributed by atoms with Crippen molar-refractivity contribution in [1.29, 1.82) is 5.26 Å². The second-order valence-electron chi connectivity index (χ2n) is 7.32. The number of nitrogens with zero attached hydrogens (tertiary/aromatic N) is 3. The first-order valence-corrected chi connectivity index (χ1v) is 9.89. The molecule has 9 heteroatoms. The molecule has 0 bridgehead atoms. The number of carbonyl (C=O) groups is 1. The van der Waals surface area contributed by atoms with Crippen LogP contribution in [0, 0.1) is 25.2 Å². The summed E-state index contributed by atoms with van der Waals surface area (Å²) in [5.41, 5.74) is 1.35. The van der Waals surface area contributed by atoms with Crippen molar-refractivity contribution in [2.45, 2.75) is 26.6 Å². The van der Waals surface area contributed by atoms with Gasteiger partial charge in [-0.15, -0.1) is 0 Å². The van der Waals surface area contributed by atoms with Gasteiger partial charge in [-0.2, -0.15) is 23.5 Å². The van der Waals surface area contributed by atoms with Crippen molar-refractivity contribution in [3.63, 3.8) is 0 Å². The maximum absolute atomic E-state index is 13.2. The number of para-hydroxylation sites is 1. The number of alkyl halides is 3. The third kappa shape index (κ3) is 5.60. The van der Waals surface area contributed by atoms with Gasteiger partial charge in [-0.1, -0.05) is 18.2 Å². The van der Waals surface area contributed by atoms with E-state index in [0.717, 1.165) is 29.1 Å². The maximum Gasteiger partial charge on any atom is 0.418 e. The number of rotatable bonds is 6. The molecule has 2 aromatic carbocycles. The summed E-state index contributed by atoms with van der Waals surface area (Å²) in [5, 5.41) is 16.1. The van der Waals surface area contributed by atoms with E-state index in [2.05, 4.69) is 10.4 Å². The molecule has 0 fully saturated rings. The molecule has 0 unspecified atom stereocenters. The van der Waals surface area contributed by atoms with Crippen LogP contribution in [0.3, 0.4) is 0 Å². The molecule has 1 N–H and O–H groups in total. The number of hydrogen-bond donors (Lipinski definition) is 1. The van der Waals surface area contributed by atoms with Gasteiger partial charge in [0.25, 0.3) is 5.91 Å². The van der Waals surface area contributed by atoms with E-state index in [4.69, 9.17) is 4.74 Å². The van der Waals surface area contributed by atoms with Crippen LogP contribution in [-0.4, -0.2) is 22.8 Å². The van der Waals surface area contributed by atoms with Gasteiger partial charge in [0.1, 0.15) is 17.4 Å². The summed E-state index contributed by atoms with van der Waals surface area (Å²) in [6, 6.07) is 13.4. The van der Waals surface area contributed by atoms with Crippen LogP contribution in [0.15, 0.2) is 54.1 Å². The minimum absolute atomic E-state index is 0.339. The van der Waals surface area contributed by atoms with Gasteiger partial charge < -0.3 is 10.1 Å². The summed E-state index contributed by atoms with van der Waals surface area (Å²) in [6.45, 7) is 4.21. The van der Waals surface area contributed by atoms with Crippen LogP contribution in [0.25, 0.3) is 6.08 Å². The maximum atomic E-state index is 13.2. The van der Waals surface area contributed by atoms with Gasteiger partial charge >= 0.3 is 6.18 Å². The number of carbonyl (C=O) groups excluding carboxylic acids is 1. The zero-order valence-corrected chi connectivity index (χ0v) is 18.2. The van der Waals surface area contributed by atoms with Crippen LogP contribution >= 0.6 is 0 Å². The van der Waals surface area contributed by atoms with Crippen molar-refractivity contribution < 1.29 is 22.7 Å². The van der Waals surface area contributed by atoms with Gasteiger partial charge in [0, 0.05) is 11.3 Å². The average molecular weight is 454 g/mol. The van der Waals surface area contributed by atoms with Gasteiger partial charge in [0.2, 0.25) is 0 Å². The van der Waals surface area contributed by atoms with Gasteiger partial charge in [-0.05, 0) is 55.8 Å². The van der Waals surface area contributed by atoms with Crippen LogP contribution in [0.5, 0.6) is 5.75 Å². The quantitative estimate of drug-likeness (QED) is 0.414. The van der Waals surface area contributed by atoms with Crippen LogP contribution < -0.4 is 10.1 Å². The Balaban J connectivity index is 1.90. The molecule has 0 saturated heterocycles. The fourth-order valence-corrected chi connectivity index (χ4v) is 3.35. The molecule has 1 heterocycles. The number of aryl methyl sites for hydroxylation is 2. The number of amides is 1. The minimum Gasteiger partial charge on any atom is -0.496 e. The number of nitrogens with one attached hydrogen (secondary N) is 1. The molecule has 33 heavy (non-hydrogen) atoms. The van der Waals surface area contributed by atoms with Gasteiger partial charge in [0.15, 0.2) is 0 Å². The highest BCUT2D eigenvalue weighted by molar-refractivity contribution is 6.10. The van der Waals surface area contributed by atoms with Crippen molar-refractivity contribution in [1.82, 2.24) is 9.78 Å². The highest BCUT2D eigenvalue weighted by Gasteiger charge is 2.33. The number of benzene rings is 2. The number of ether oxygens (including phenoxy) is 1. The highest BCUT2D eigenvalue weighted by Crippen LogP contribution is 2.34. The zero-order valence-electron chi connectivity index (χ0n) is 18.2. The lowest BCUT2D eigenvalue weighted by atomic mass is 10.1. The third-order valence-corrected chi connectivity index (χ3v) is 4.88. The number of nitriles is 1. The lowest BCUT2D eigenvalue weighted by Gasteiger charge is -2.13. The predicted molar refractivity (Wildman–Crippen MR) is 117 cm³/mol. The Hall–Kier alpha value is -4.06. The molecular weight excluding hydrogens is 433 g/mol. The van der Waals surface area contributed by atoms with Crippen molar-refractivity contribution in [2.24, 2.45) is 0 Å². The van der Waals surface area contributed by atoms with Crippen molar-refractivity contribution in [2.75, 3.05) is 12.4 Å². The topological polar surface area (TPSA) is 79.9 Å². The van der Waals surface area contributed by atoms with Crippen molar-refractivity contribution in [3.8, 4) is 11.8 Å². The number of aromatic nitrogens is 2. The Bertz CT molecular complexity index is 1250. The monoisotopic (exact) mass is 454 g/mol. The summed E-state index contributed by atoms with van der Waals surface area (Å²) in [4.78, 5) is 12.6. The molecule has 0 spiro atoms. The highest BCUT2D eigenvalue weighted by atomic mass is 19.4. The summed E-state index contributed by atoms with van der Waals surface area (Å²) in [7, 11) is 1.53. The minimum atomic E-state index is -4.64. The average Bonchev–Trinajstić information content (AvgIpc) is 3.08. The molecule has 0 aliphatic carbocycles. The molecule has 0 aliphatic rings. The molecule has 1 aromatic heterocycles. The lowest BCUT2D eigenvalue weighted by molar-refractivity contribution is -0.137. The lowest BCUT2D eigenvalue weighted by Crippen LogP contribution is -2.17. The summed E-state index contributed by atoms with van der Waals surface area (Å²) >= 11 is 0. The largest absolute Gasteiger partial charge is 0.496 e. The van der Waals surface area contributed by atoms with Gasteiger partial charge in [0.05, 0.1) is 30.6 Å². The van der Waals surface area contributed by atoms with E-state index in [1.165, 1.54) is 25.3 Å². The summed E-state index contributed by atoms with van der Waals surface area (Å²) in [5.74, 6) is -0.341. The van der Waals surface area contributed by atoms with E-state index in [0.29, 0.717) is 17.9 Å². The fraction of sp³-hybridized carbons (Fsp3) is 0.208. The van der Waals surface area contributed by atoms with Crippen LogP contribution in [-0.2, 0) is 17.5 Å². The van der Waals surface area contributed by atoms with E-state index >= 15 is 0 Å². The van der Waals surface area contributed by atoms with Crippen LogP contribution in [0.4, 0.5) is 18.9 Å². The van der Waals surface area contributed by atoms with Crippen LogP contribution in [0.1, 0.15) is 28.1 Å².